The van der Waals surface area contributed by atoms with E-state index in [1.807, 2.05) is 12.1 Å². The van der Waals surface area contributed by atoms with Crippen LogP contribution in [0.2, 0.25) is 0 Å². The molecule has 0 radical (unpaired) electrons. The zero-order valence-corrected chi connectivity index (χ0v) is 9.37. The number of nitrogens with zero attached hydrogens (tertiary/aromatic N) is 2. The van der Waals surface area contributed by atoms with Crippen LogP contribution in [0.4, 0.5) is 0 Å². The summed E-state index contributed by atoms with van der Waals surface area (Å²) in [6, 6.07) is 7.06. The van der Waals surface area contributed by atoms with Crippen LogP contribution in [0, 0.1) is 0 Å². The third-order valence-corrected chi connectivity index (χ3v) is 3.82. The molecule has 2 heterocycles. The Morgan fingerprint density at radius 1 is 1.19 bits per heavy atom. The number of hydrogen-bond acceptors (Lipinski definition) is 5. The second-order valence-electron chi connectivity index (χ2n) is 3.85. The Kier molecular flexibility index (Phi) is 2.34. The first-order chi connectivity index (χ1) is 7.83. The van der Waals surface area contributed by atoms with Crippen molar-refractivity contribution in [3.05, 3.63) is 29.3 Å². The molecule has 1 aliphatic rings. The van der Waals surface area contributed by atoms with Crippen molar-refractivity contribution < 1.29 is 5.11 Å². The molecule has 1 saturated heterocycles. The number of aromatic hydroxyl groups is 1. The Morgan fingerprint density at radius 3 is 2.56 bits per heavy atom. The van der Waals surface area contributed by atoms with Gasteiger partial charge in [0.15, 0.2) is 0 Å². The number of nitrogens with one attached hydrogen (secondary N) is 1. The van der Waals surface area contributed by atoms with Gasteiger partial charge in [0.1, 0.15) is 15.8 Å². The van der Waals surface area contributed by atoms with E-state index in [1.54, 1.807) is 23.5 Å². The average Bonchev–Trinajstić information content (AvgIpc) is 2.65. The third-order valence-electron chi connectivity index (χ3n) is 2.69. The summed E-state index contributed by atoms with van der Waals surface area (Å²) in [6.07, 6.45) is 0. The number of hydrogen-bond donors (Lipinski definition) is 2. The molecule has 1 fully saturated rings. The van der Waals surface area contributed by atoms with E-state index in [4.69, 9.17) is 0 Å². The Labute approximate surface area is 97.0 Å². The fourth-order valence-electron chi connectivity index (χ4n) is 1.58. The van der Waals surface area contributed by atoms with Gasteiger partial charge >= 0.3 is 0 Å². The van der Waals surface area contributed by atoms with Gasteiger partial charge < -0.3 is 10.4 Å². The lowest BCUT2D eigenvalue weighted by molar-refractivity contribution is 0.444. The largest absolute Gasteiger partial charge is 0.508 e. The van der Waals surface area contributed by atoms with Crippen LogP contribution in [0.1, 0.15) is 10.9 Å². The first-order valence-corrected chi connectivity index (χ1v) is 5.98. The van der Waals surface area contributed by atoms with Crippen LogP contribution in [0.25, 0.3) is 10.6 Å². The quantitative estimate of drug-likeness (QED) is 0.827. The fourth-order valence-corrected chi connectivity index (χ4v) is 2.53. The smallest absolute Gasteiger partial charge is 0.147 e. The molecular formula is C11H11N3OS. The van der Waals surface area contributed by atoms with Crippen LogP contribution in [0.5, 0.6) is 5.75 Å². The molecule has 0 saturated carbocycles. The lowest BCUT2D eigenvalue weighted by Crippen LogP contribution is -2.39. The third kappa shape index (κ3) is 1.68. The topological polar surface area (TPSA) is 58.0 Å². The van der Waals surface area contributed by atoms with Crippen molar-refractivity contribution in [1.29, 1.82) is 0 Å². The highest BCUT2D eigenvalue weighted by molar-refractivity contribution is 7.14. The molecule has 2 N–H and O–H groups in total. The lowest BCUT2D eigenvalue weighted by atomic mass is 10.1. The maximum absolute atomic E-state index is 9.20. The van der Waals surface area contributed by atoms with Crippen molar-refractivity contribution in [3.63, 3.8) is 0 Å². The molecule has 1 aliphatic heterocycles. The Balaban J connectivity index is 1.88. The van der Waals surface area contributed by atoms with Gasteiger partial charge in [-0.05, 0) is 24.3 Å². The van der Waals surface area contributed by atoms with Crippen molar-refractivity contribution >= 4 is 11.3 Å². The van der Waals surface area contributed by atoms with E-state index >= 15 is 0 Å². The highest BCUT2D eigenvalue weighted by atomic mass is 32.1. The molecular weight excluding hydrogens is 222 g/mol. The molecule has 0 spiro atoms. The molecule has 0 unspecified atom stereocenters. The van der Waals surface area contributed by atoms with E-state index in [9.17, 15) is 5.11 Å². The van der Waals surface area contributed by atoms with E-state index in [-0.39, 0.29) is 5.75 Å². The fraction of sp³-hybridized carbons (Fsp3) is 0.273. The number of benzene rings is 1. The molecule has 0 aliphatic carbocycles. The standard InChI is InChI=1S/C11H11N3OS/c15-9-3-1-7(2-4-9)10-13-14-11(16-10)8-5-12-6-8/h1-4,8,12,15H,5-6H2. The molecule has 0 atom stereocenters. The molecule has 1 aromatic heterocycles. The van der Waals surface area contributed by atoms with Crippen molar-refractivity contribution in [2.75, 3.05) is 13.1 Å². The average molecular weight is 233 g/mol. The van der Waals surface area contributed by atoms with Gasteiger partial charge in [0.05, 0.1) is 0 Å². The van der Waals surface area contributed by atoms with Crippen molar-refractivity contribution in [2.45, 2.75) is 5.92 Å². The maximum atomic E-state index is 9.20. The summed E-state index contributed by atoms with van der Waals surface area (Å²) in [7, 11) is 0. The highest BCUT2D eigenvalue weighted by Gasteiger charge is 2.23. The number of rotatable bonds is 2. The van der Waals surface area contributed by atoms with E-state index in [2.05, 4.69) is 15.5 Å². The molecule has 1 aromatic carbocycles. The van der Waals surface area contributed by atoms with E-state index in [0.717, 1.165) is 28.7 Å². The first-order valence-electron chi connectivity index (χ1n) is 5.16. The van der Waals surface area contributed by atoms with Gasteiger partial charge in [0.2, 0.25) is 0 Å². The monoisotopic (exact) mass is 233 g/mol. The summed E-state index contributed by atoms with van der Waals surface area (Å²) in [6.45, 7) is 2.01. The normalized spacial score (nSPS) is 16.0. The summed E-state index contributed by atoms with van der Waals surface area (Å²) in [5.41, 5.74) is 1.01. The van der Waals surface area contributed by atoms with E-state index in [0.29, 0.717) is 5.92 Å². The van der Waals surface area contributed by atoms with Gasteiger partial charge in [0.25, 0.3) is 0 Å². The van der Waals surface area contributed by atoms with Gasteiger partial charge in [0, 0.05) is 24.6 Å². The Bertz CT molecular complexity index is 490. The van der Waals surface area contributed by atoms with Gasteiger partial charge in [-0.1, -0.05) is 11.3 Å². The second kappa shape index (κ2) is 3.84. The minimum atomic E-state index is 0.275. The zero-order valence-electron chi connectivity index (χ0n) is 8.55. The molecule has 5 heteroatoms. The second-order valence-corrected chi connectivity index (χ2v) is 4.86. The minimum Gasteiger partial charge on any atom is -0.508 e. The number of aromatic nitrogens is 2. The summed E-state index contributed by atoms with van der Waals surface area (Å²) in [5.74, 6) is 0.806. The molecule has 0 amide bonds. The molecule has 2 aromatic rings. The van der Waals surface area contributed by atoms with Crippen molar-refractivity contribution in [1.82, 2.24) is 15.5 Å². The SMILES string of the molecule is Oc1ccc(-c2nnc(C3CNC3)s2)cc1. The first kappa shape index (κ1) is 9.74. The predicted molar refractivity (Wildman–Crippen MR) is 62.6 cm³/mol. The molecule has 0 bridgehead atoms. The van der Waals surface area contributed by atoms with Crippen LogP contribution in [-0.4, -0.2) is 28.4 Å². The Morgan fingerprint density at radius 2 is 1.94 bits per heavy atom. The van der Waals surface area contributed by atoms with Crippen LogP contribution in [0.15, 0.2) is 24.3 Å². The summed E-state index contributed by atoms with van der Waals surface area (Å²) in [4.78, 5) is 0. The van der Waals surface area contributed by atoms with Crippen LogP contribution >= 0.6 is 11.3 Å². The van der Waals surface area contributed by atoms with Gasteiger partial charge in [-0.15, -0.1) is 10.2 Å². The summed E-state index contributed by atoms with van der Waals surface area (Å²) < 4.78 is 0. The predicted octanol–water partition coefficient (Wildman–Crippen LogP) is 1.60. The van der Waals surface area contributed by atoms with Crippen LogP contribution < -0.4 is 5.32 Å². The summed E-state index contributed by atoms with van der Waals surface area (Å²) >= 11 is 1.63. The van der Waals surface area contributed by atoms with Crippen molar-refractivity contribution in [2.24, 2.45) is 0 Å². The Hall–Kier alpha value is -1.46. The van der Waals surface area contributed by atoms with Gasteiger partial charge in [-0.2, -0.15) is 0 Å². The van der Waals surface area contributed by atoms with Crippen LogP contribution in [-0.2, 0) is 0 Å². The van der Waals surface area contributed by atoms with Gasteiger partial charge in [-0.3, -0.25) is 0 Å². The van der Waals surface area contributed by atoms with E-state index in [1.165, 1.54) is 0 Å². The molecule has 3 rings (SSSR count). The molecule has 82 valence electrons. The van der Waals surface area contributed by atoms with Crippen LogP contribution in [0.3, 0.4) is 0 Å². The van der Waals surface area contributed by atoms with Crippen molar-refractivity contribution in [3.8, 4) is 16.3 Å². The van der Waals surface area contributed by atoms with Gasteiger partial charge in [-0.25, -0.2) is 0 Å². The summed E-state index contributed by atoms with van der Waals surface area (Å²) in [5, 5.41) is 22.8. The number of phenolic OH excluding ortho intramolecular Hbond substituents is 1. The lowest BCUT2D eigenvalue weighted by Gasteiger charge is -2.23. The maximum Gasteiger partial charge on any atom is 0.147 e. The highest BCUT2D eigenvalue weighted by Crippen LogP contribution is 2.29. The molecule has 16 heavy (non-hydrogen) atoms. The minimum absolute atomic E-state index is 0.275. The zero-order chi connectivity index (χ0) is 11.0. The number of phenols is 1. The van der Waals surface area contributed by atoms with E-state index < -0.39 is 0 Å². The molecule has 4 nitrogen and oxygen atoms in total.